The van der Waals surface area contributed by atoms with E-state index in [4.69, 9.17) is 14.3 Å². The van der Waals surface area contributed by atoms with Crippen molar-refractivity contribution in [2.45, 2.75) is 98.1 Å². The first kappa shape index (κ1) is 28.3. The SMILES string of the molecule is [2H]c1c([2H])c(C([2H])([2H])[2H])c([2H])c([2H])c1-c1cc[n+]2c(c1)-c1cc(C(C)(C)C)cc3c1C21Oc2ccccc2-c2n(-c4ccc(-c5cc(C(C)(C)C)cc(C(C)(C)C)c5)cc4C([2H])([2H])[2H])c4cccc-3c4[n+]21. The maximum Gasteiger partial charge on any atom is 0.499 e. The van der Waals surface area contributed by atoms with Gasteiger partial charge in [-0.3, -0.25) is 0 Å². The Bertz CT molecular complexity index is 3590. The maximum absolute atomic E-state index is 9.21. The number of nitrogens with zero attached hydrogens (tertiary/aromatic N) is 3. The van der Waals surface area contributed by atoms with E-state index in [0.29, 0.717) is 28.5 Å². The zero-order valence-electron chi connectivity index (χ0n) is 46.1. The molecule has 0 radical (unpaired) electrons. The van der Waals surface area contributed by atoms with Crippen LogP contribution in [0, 0.1) is 13.7 Å². The Hall–Kier alpha value is -6.26. The molecule has 0 fully saturated rings. The van der Waals surface area contributed by atoms with Gasteiger partial charge in [0.25, 0.3) is 0 Å². The van der Waals surface area contributed by atoms with E-state index >= 15 is 0 Å². The van der Waals surface area contributed by atoms with Gasteiger partial charge in [-0.25, -0.2) is 0 Å². The number of hydrogen-bond donors (Lipinski definition) is 0. The molecule has 0 aliphatic carbocycles. The Labute approximate surface area is 374 Å². The number of pyridine rings is 1. The fourth-order valence-electron chi connectivity index (χ4n) is 9.64. The second-order valence-corrected chi connectivity index (χ2v) is 20.0. The molecule has 302 valence electrons. The van der Waals surface area contributed by atoms with Crippen molar-refractivity contribution in [1.82, 2.24) is 4.57 Å². The lowest BCUT2D eigenvalue weighted by Crippen LogP contribution is -2.78. The number of aryl methyl sites for hydroxylation is 1. The number of hydrogen-bond acceptors (Lipinski definition) is 1. The molecule has 2 aromatic heterocycles. The van der Waals surface area contributed by atoms with Crippen LogP contribution in [0.25, 0.3) is 72.7 Å². The second kappa shape index (κ2) is 12.4. The summed E-state index contributed by atoms with van der Waals surface area (Å²) in [6.45, 7) is 14.2. The van der Waals surface area contributed by atoms with Crippen molar-refractivity contribution in [2.75, 3.05) is 0 Å². The number of para-hydroxylation sites is 2. The fraction of sp³-hybridized carbons (Fsp3) is 0.263. The number of rotatable bonds is 3. The fourth-order valence-corrected chi connectivity index (χ4v) is 9.64. The lowest BCUT2D eigenvalue weighted by Gasteiger charge is -2.32. The van der Waals surface area contributed by atoms with Gasteiger partial charge >= 0.3 is 11.7 Å². The first-order valence-corrected chi connectivity index (χ1v) is 21.1. The summed E-state index contributed by atoms with van der Waals surface area (Å²) >= 11 is 0. The van der Waals surface area contributed by atoms with Gasteiger partial charge < -0.3 is 4.74 Å². The highest BCUT2D eigenvalue weighted by Crippen LogP contribution is 2.54. The Morgan fingerprint density at radius 3 is 1.97 bits per heavy atom. The standard InChI is InChI=1S/C57H55N3O/c1-34-19-21-36(22-20-34)38-25-26-58-49(30-38)46-33-42(56(9,10)11)32-45-43-16-14-17-48-52(43)60-53(44-15-12-13-18-50(44)61-57(58,60)51(45)46)59(48)47-24-23-37(27-35(47)2)39-28-40(54(3,4)5)31-41(29-39)55(6,7)8/h12-33H,1-11H3/q+2/i1D3,2D3,19D,20D,21D,22D. The van der Waals surface area contributed by atoms with E-state index in [1.165, 1.54) is 0 Å². The number of ether oxygens (including phenoxy) is 1. The average molecular weight is 808 g/mol. The zero-order chi connectivity index (χ0) is 51.0. The molecule has 3 aliphatic rings. The molecule has 4 heteroatoms. The largest absolute Gasteiger partial charge is 0.499 e. The predicted octanol–water partition coefficient (Wildman–Crippen LogP) is 13.3. The van der Waals surface area contributed by atoms with Crippen LogP contribution in [0.5, 0.6) is 5.75 Å². The van der Waals surface area contributed by atoms with Gasteiger partial charge in [0.2, 0.25) is 5.69 Å². The lowest BCUT2D eigenvalue weighted by molar-refractivity contribution is -0.997. The Kier molecular flexibility index (Phi) is 5.76. The number of benzene rings is 6. The van der Waals surface area contributed by atoms with Crippen LogP contribution in [-0.2, 0) is 22.1 Å². The molecule has 0 N–H and O–H groups in total. The summed E-state index contributed by atoms with van der Waals surface area (Å²) in [5.74, 6) is -0.146. The summed E-state index contributed by atoms with van der Waals surface area (Å²) in [6, 6.07) is 32.3. The molecule has 0 saturated carbocycles. The minimum absolute atomic E-state index is 0.0125. The molecule has 11 rings (SSSR count). The van der Waals surface area contributed by atoms with E-state index in [1.54, 1.807) is 6.07 Å². The van der Waals surface area contributed by atoms with E-state index in [1.807, 2.05) is 71.4 Å². The summed E-state index contributed by atoms with van der Waals surface area (Å²) in [4.78, 5) is 0. The zero-order valence-corrected chi connectivity index (χ0v) is 36.1. The maximum atomic E-state index is 9.21. The Morgan fingerprint density at radius 1 is 0.590 bits per heavy atom. The normalized spacial score (nSPS) is 18.8. The van der Waals surface area contributed by atoms with Crippen LogP contribution in [0.2, 0.25) is 0 Å². The molecule has 0 saturated heterocycles. The topological polar surface area (TPSA) is 21.9 Å². The molecule has 4 nitrogen and oxygen atoms in total. The van der Waals surface area contributed by atoms with Gasteiger partial charge in [0.15, 0.2) is 17.2 Å². The number of imidazole rings is 1. The van der Waals surface area contributed by atoms with Gasteiger partial charge in [0, 0.05) is 31.5 Å². The average Bonchev–Trinajstić information content (AvgIpc) is 3.77. The summed E-state index contributed by atoms with van der Waals surface area (Å²) < 4.78 is 101. The van der Waals surface area contributed by atoms with Crippen LogP contribution in [0.4, 0.5) is 0 Å². The van der Waals surface area contributed by atoms with Crippen LogP contribution in [0.15, 0.2) is 133 Å². The van der Waals surface area contributed by atoms with Crippen molar-refractivity contribution in [2.24, 2.45) is 0 Å². The van der Waals surface area contributed by atoms with E-state index < -0.39 is 49.3 Å². The molecule has 8 aromatic rings. The van der Waals surface area contributed by atoms with E-state index in [9.17, 15) is 4.11 Å². The van der Waals surface area contributed by atoms with Crippen molar-refractivity contribution in [3.8, 4) is 67.5 Å². The molecule has 1 unspecified atom stereocenters. The molecular formula is C57H55N3O+2. The van der Waals surface area contributed by atoms with Crippen LogP contribution in [0.1, 0.15) is 109 Å². The Balaban J connectivity index is 1.24. The molecule has 61 heavy (non-hydrogen) atoms. The molecule has 0 bridgehead atoms. The van der Waals surface area contributed by atoms with Crippen LogP contribution < -0.4 is 13.9 Å². The van der Waals surface area contributed by atoms with Gasteiger partial charge in [0.05, 0.1) is 11.0 Å². The van der Waals surface area contributed by atoms with Crippen molar-refractivity contribution < 1.29 is 27.6 Å². The first-order chi connectivity index (χ1) is 33.0. The minimum atomic E-state index is -2.85. The van der Waals surface area contributed by atoms with Crippen LogP contribution >= 0.6 is 0 Å². The third kappa shape index (κ3) is 5.37. The Morgan fingerprint density at radius 2 is 1.26 bits per heavy atom. The minimum Gasteiger partial charge on any atom is -0.392 e. The van der Waals surface area contributed by atoms with Crippen molar-refractivity contribution in [1.29, 1.82) is 0 Å². The summed E-state index contributed by atoms with van der Waals surface area (Å²) in [5.41, 5.74) is 11.5. The summed E-state index contributed by atoms with van der Waals surface area (Å²) in [7, 11) is 0. The first-order valence-electron chi connectivity index (χ1n) is 26.1. The quantitative estimate of drug-likeness (QED) is 0.163. The highest BCUT2D eigenvalue weighted by molar-refractivity contribution is 5.98. The smallest absolute Gasteiger partial charge is 0.392 e. The summed E-state index contributed by atoms with van der Waals surface area (Å²) in [5, 5.41) is 0. The van der Waals surface area contributed by atoms with Gasteiger partial charge in [-0.2, -0.15) is 4.57 Å². The van der Waals surface area contributed by atoms with Crippen LogP contribution in [-0.4, -0.2) is 4.57 Å². The van der Waals surface area contributed by atoms with Crippen molar-refractivity contribution in [3.05, 3.63) is 167 Å². The number of fused-ring (bicyclic) bond motifs is 5. The third-order valence-electron chi connectivity index (χ3n) is 12.9. The van der Waals surface area contributed by atoms with Gasteiger partial charge in [-0.15, -0.1) is 9.13 Å². The third-order valence-corrected chi connectivity index (χ3v) is 12.9. The molecule has 1 atom stereocenters. The molecule has 6 aromatic carbocycles. The molecule has 5 heterocycles. The lowest BCUT2D eigenvalue weighted by atomic mass is 9.79. The molecule has 1 spiro atoms. The van der Waals surface area contributed by atoms with E-state index in [-0.39, 0.29) is 27.4 Å². The highest BCUT2D eigenvalue weighted by Gasteiger charge is 2.68. The molecule has 0 amide bonds. The van der Waals surface area contributed by atoms with E-state index in [2.05, 4.69) is 108 Å². The van der Waals surface area contributed by atoms with Gasteiger partial charge in [-0.1, -0.05) is 135 Å². The van der Waals surface area contributed by atoms with Crippen LogP contribution in [0.3, 0.4) is 0 Å². The number of aromatic nitrogens is 3. The summed E-state index contributed by atoms with van der Waals surface area (Å²) in [6.07, 6.45) is 1.84. The van der Waals surface area contributed by atoms with E-state index in [0.717, 1.165) is 66.7 Å². The molecule has 3 aliphatic heterocycles. The predicted molar refractivity (Wildman–Crippen MR) is 250 cm³/mol. The van der Waals surface area contributed by atoms with Crippen molar-refractivity contribution in [3.63, 3.8) is 0 Å². The highest BCUT2D eigenvalue weighted by atomic mass is 16.5. The van der Waals surface area contributed by atoms with Crippen molar-refractivity contribution >= 4 is 11.0 Å². The molecular weight excluding hydrogens is 743 g/mol. The second-order valence-electron chi connectivity index (χ2n) is 20.0. The van der Waals surface area contributed by atoms with Gasteiger partial charge in [0.1, 0.15) is 22.6 Å². The van der Waals surface area contributed by atoms with Gasteiger partial charge in [-0.05, 0) is 123 Å². The monoisotopic (exact) mass is 807 g/mol.